The number of hydrogen-bond acceptors (Lipinski definition) is 3. The Balaban J connectivity index is 2.59. The quantitative estimate of drug-likeness (QED) is 0.678. The Bertz CT molecular complexity index is 236. The summed E-state index contributed by atoms with van der Waals surface area (Å²) < 4.78 is 5.44. The average Bonchev–Trinajstić information content (AvgIpc) is 2.31. The third-order valence-electron chi connectivity index (χ3n) is 3.53. The fourth-order valence-corrected chi connectivity index (χ4v) is 2.75. The van der Waals surface area contributed by atoms with Gasteiger partial charge in [-0.15, -0.1) is 6.42 Å². The molecule has 0 saturated carbocycles. The molecule has 0 radical (unpaired) electrons. The van der Waals surface area contributed by atoms with Gasteiger partial charge in [0.1, 0.15) is 0 Å². The van der Waals surface area contributed by atoms with Gasteiger partial charge in [0.25, 0.3) is 0 Å². The highest BCUT2D eigenvalue weighted by atomic mass is 16.5. The number of nitrogens with zero attached hydrogens (tertiary/aromatic N) is 1. The fourth-order valence-electron chi connectivity index (χ4n) is 2.75. The minimum Gasteiger partial charge on any atom is -0.384 e. The molecule has 0 bridgehead atoms. The van der Waals surface area contributed by atoms with Gasteiger partial charge in [-0.25, -0.2) is 0 Å². The van der Waals surface area contributed by atoms with E-state index < -0.39 is 0 Å². The van der Waals surface area contributed by atoms with Gasteiger partial charge in [0.15, 0.2) is 0 Å². The van der Waals surface area contributed by atoms with Crippen LogP contribution >= 0.6 is 0 Å². The highest BCUT2D eigenvalue weighted by molar-refractivity contribution is 4.93. The summed E-state index contributed by atoms with van der Waals surface area (Å²) >= 11 is 0. The summed E-state index contributed by atoms with van der Waals surface area (Å²) in [5.41, 5.74) is 0.298. The Morgan fingerprint density at radius 1 is 1.41 bits per heavy atom. The molecule has 1 heterocycles. The lowest BCUT2D eigenvalue weighted by molar-refractivity contribution is 0.0256. The molecule has 0 amide bonds. The molecule has 1 fully saturated rings. The lowest BCUT2D eigenvalue weighted by atomic mass is 9.79. The van der Waals surface area contributed by atoms with Gasteiger partial charge < -0.3 is 10.1 Å². The summed E-state index contributed by atoms with van der Waals surface area (Å²) in [6.07, 6.45) is 8.97. The van der Waals surface area contributed by atoms with E-state index in [2.05, 4.69) is 23.1 Å². The van der Waals surface area contributed by atoms with E-state index in [-0.39, 0.29) is 0 Å². The maximum Gasteiger partial charge on any atom is 0.0599 e. The number of piperidine rings is 1. The van der Waals surface area contributed by atoms with Crippen LogP contribution in [0.4, 0.5) is 0 Å². The van der Waals surface area contributed by atoms with Gasteiger partial charge in [-0.05, 0) is 38.9 Å². The summed E-state index contributed by atoms with van der Waals surface area (Å²) in [4.78, 5) is 2.39. The predicted octanol–water partition coefficient (Wildman–Crippen LogP) is 1.35. The van der Waals surface area contributed by atoms with Crippen LogP contribution in [-0.2, 0) is 4.74 Å². The van der Waals surface area contributed by atoms with E-state index in [0.29, 0.717) is 5.41 Å². The maximum atomic E-state index is 5.45. The molecule has 0 aliphatic carbocycles. The molecule has 3 nitrogen and oxygen atoms in total. The number of methoxy groups -OCH3 is 1. The van der Waals surface area contributed by atoms with Crippen LogP contribution in [0.3, 0.4) is 0 Å². The van der Waals surface area contributed by atoms with Crippen LogP contribution in [0.15, 0.2) is 0 Å². The van der Waals surface area contributed by atoms with Crippen molar-refractivity contribution in [1.29, 1.82) is 0 Å². The molecule has 1 aliphatic rings. The zero-order chi connectivity index (χ0) is 12.6. The summed E-state index contributed by atoms with van der Waals surface area (Å²) in [5, 5.41) is 3.42. The van der Waals surface area contributed by atoms with Crippen LogP contribution in [0, 0.1) is 17.8 Å². The molecule has 17 heavy (non-hydrogen) atoms. The van der Waals surface area contributed by atoms with E-state index >= 15 is 0 Å². The van der Waals surface area contributed by atoms with Crippen molar-refractivity contribution in [2.45, 2.75) is 26.2 Å². The number of hydrogen-bond donors (Lipinski definition) is 1. The number of rotatable bonds is 7. The summed E-state index contributed by atoms with van der Waals surface area (Å²) in [7, 11) is 1.80. The second kappa shape index (κ2) is 7.71. The zero-order valence-electron chi connectivity index (χ0n) is 11.3. The third-order valence-corrected chi connectivity index (χ3v) is 3.53. The molecular weight excluding hydrogens is 212 g/mol. The van der Waals surface area contributed by atoms with E-state index in [1.165, 1.54) is 12.8 Å². The second-order valence-corrected chi connectivity index (χ2v) is 5.10. The minimum absolute atomic E-state index is 0.298. The molecule has 0 aromatic heterocycles. The van der Waals surface area contributed by atoms with Crippen LogP contribution in [0.25, 0.3) is 0 Å². The molecule has 1 rings (SSSR count). The van der Waals surface area contributed by atoms with Crippen LogP contribution in [0.2, 0.25) is 0 Å². The molecular formula is C14H26N2O. The molecule has 0 spiro atoms. The van der Waals surface area contributed by atoms with Gasteiger partial charge in [-0.1, -0.05) is 12.8 Å². The molecule has 1 saturated heterocycles. The molecule has 0 aromatic carbocycles. The van der Waals surface area contributed by atoms with E-state index in [0.717, 1.165) is 45.8 Å². The molecule has 0 aromatic rings. The van der Waals surface area contributed by atoms with E-state index in [4.69, 9.17) is 11.2 Å². The molecule has 98 valence electrons. The van der Waals surface area contributed by atoms with Crippen molar-refractivity contribution in [2.24, 2.45) is 5.41 Å². The summed E-state index contributed by atoms with van der Waals surface area (Å²) in [5.74, 6) is 2.77. The zero-order valence-corrected chi connectivity index (χ0v) is 11.3. The van der Waals surface area contributed by atoms with Gasteiger partial charge in [-0.2, -0.15) is 0 Å². The van der Waals surface area contributed by atoms with E-state index in [1.807, 2.05) is 0 Å². The molecule has 3 heteroatoms. The van der Waals surface area contributed by atoms with Gasteiger partial charge in [0.05, 0.1) is 13.2 Å². The SMILES string of the molecule is C#CCN(CCC)CC1(COC)CCNCC1. The first-order valence-corrected chi connectivity index (χ1v) is 6.62. The minimum atomic E-state index is 0.298. The molecule has 0 unspecified atom stereocenters. The lowest BCUT2D eigenvalue weighted by Crippen LogP contribution is -2.47. The number of nitrogens with one attached hydrogen (secondary N) is 1. The largest absolute Gasteiger partial charge is 0.384 e. The van der Waals surface area contributed by atoms with Crippen LogP contribution in [0.5, 0.6) is 0 Å². The van der Waals surface area contributed by atoms with Crippen molar-refractivity contribution in [3.05, 3.63) is 0 Å². The molecule has 1 N–H and O–H groups in total. The number of ether oxygens (including phenoxy) is 1. The van der Waals surface area contributed by atoms with Crippen molar-refractivity contribution in [3.63, 3.8) is 0 Å². The van der Waals surface area contributed by atoms with Gasteiger partial charge in [0.2, 0.25) is 0 Å². The topological polar surface area (TPSA) is 24.5 Å². The number of terminal acetylenes is 1. The maximum absolute atomic E-state index is 5.45. The normalized spacial score (nSPS) is 19.2. The van der Waals surface area contributed by atoms with Crippen molar-refractivity contribution >= 4 is 0 Å². The van der Waals surface area contributed by atoms with Crippen LogP contribution < -0.4 is 5.32 Å². The van der Waals surface area contributed by atoms with Gasteiger partial charge in [-0.3, -0.25) is 4.90 Å². The Labute approximate surface area is 106 Å². The van der Waals surface area contributed by atoms with Gasteiger partial charge >= 0.3 is 0 Å². The molecule has 1 aliphatic heterocycles. The summed E-state index contributed by atoms with van der Waals surface area (Å²) in [6.45, 7) is 8.16. The monoisotopic (exact) mass is 238 g/mol. The predicted molar refractivity (Wildman–Crippen MR) is 72.0 cm³/mol. The van der Waals surface area contributed by atoms with Crippen LogP contribution in [0.1, 0.15) is 26.2 Å². The average molecular weight is 238 g/mol. The third kappa shape index (κ3) is 4.67. The Hall–Kier alpha value is -0.560. The van der Waals surface area contributed by atoms with Crippen molar-refractivity contribution in [1.82, 2.24) is 10.2 Å². The summed E-state index contributed by atoms with van der Waals surface area (Å²) in [6, 6.07) is 0. The van der Waals surface area contributed by atoms with Crippen LogP contribution in [-0.4, -0.2) is 51.3 Å². The standard InChI is InChI=1S/C14H26N2O/c1-4-10-16(11-5-2)12-14(13-17-3)6-8-15-9-7-14/h1,15H,5-13H2,2-3H3. The van der Waals surface area contributed by atoms with E-state index in [9.17, 15) is 0 Å². The Morgan fingerprint density at radius 3 is 2.65 bits per heavy atom. The van der Waals surface area contributed by atoms with Crippen molar-refractivity contribution in [2.75, 3.05) is 46.4 Å². The first-order valence-electron chi connectivity index (χ1n) is 6.62. The van der Waals surface area contributed by atoms with Crippen molar-refractivity contribution < 1.29 is 4.74 Å². The fraction of sp³-hybridized carbons (Fsp3) is 0.857. The first kappa shape index (κ1) is 14.5. The van der Waals surface area contributed by atoms with Gasteiger partial charge in [0, 0.05) is 19.1 Å². The highest BCUT2D eigenvalue weighted by Gasteiger charge is 2.33. The lowest BCUT2D eigenvalue weighted by Gasteiger charge is -2.40. The second-order valence-electron chi connectivity index (χ2n) is 5.10. The Morgan fingerprint density at radius 2 is 2.12 bits per heavy atom. The smallest absolute Gasteiger partial charge is 0.0599 e. The Kier molecular flexibility index (Phi) is 6.57. The molecule has 0 atom stereocenters. The first-order chi connectivity index (χ1) is 8.26. The van der Waals surface area contributed by atoms with E-state index in [1.54, 1.807) is 7.11 Å². The van der Waals surface area contributed by atoms with Crippen molar-refractivity contribution in [3.8, 4) is 12.3 Å². The highest BCUT2D eigenvalue weighted by Crippen LogP contribution is 2.30.